The summed E-state index contributed by atoms with van der Waals surface area (Å²) in [6, 6.07) is 5.25. The topological polar surface area (TPSA) is 61.6 Å². The van der Waals surface area contributed by atoms with E-state index in [0.717, 1.165) is 0 Å². The van der Waals surface area contributed by atoms with Crippen LogP contribution in [0.4, 0.5) is 0 Å². The Hall–Kier alpha value is -1.26. The lowest BCUT2D eigenvalue weighted by Crippen LogP contribution is -2.22. The lowest BCUT2D eigenvalue weighted by atomic mass is 10.2. The van der Waals surface area contributed by atoms with Gasteiger partial charge in [0.2, 0.25) is 0 Å². The number of hydrogen-bond donors (Lipinski definition) is 1. The Morgan fingerprint density at radius 2 is 2.38 bits per heavy atom. The lowest BCUT2D eigenvalue weighted by molar-refractivity contribution is -0.143. The summed E-state index contributed by atoms with van der Waals surface area (Å²) in [6.45, 7) is 0.679. The van der Waals surface area contributed by atoms with Gasteiger partial charge in [0.15, 0.2) is 6.10 Å². The van der Waals surface area contributed by atoms with Crippen molar-refractivity contribution in [3.05, 3.63) is 28.8 Å². The number of esters is 1. The second kappa shape index (κ2) is 4.72. The van der Waals surface area contributed by atoms with E-state index in [1.165, 1.54) is 0 Å². The van der Waals surface area contributed by atoms with Crippen molar-refractivity contribution in [1.29, 1.82) is 0 Å². The minimum Gasteiger partial charge on any atom is -0.478 e. The van der Waals surface area contributed by atoms with Crippen molar-refractivity contribution in [2.24, 2.45) is 5.73 Å². The van der Waals surface area contributed by atoms with Gasteiger partial charge in [-0.25, -0.2) is 4.79 Å². The average Bonchev–Trinajstić information content (AvgIpc) is 2.65. The van der Waals surface area contributed by atoms with E-state index in [1.54, 1.807) is 18.2 Å². The molecule has 1 unspecified atom stereocenters. The van der Waals surface area contributed by atoms with Gasteiger partial charge in [-0.05, 0) is 12.1 Å². The highest BCUT2D eigenvalue weighted by atomic mass is 35.5. The molecule has 1 fully saturated rings. The van der Waals surface area contributed by atoms with E-state index in [2.05, 4.69) is 0 Å². The van der Waals surface area contributed by atoms with Gasteiger partial charge in [0.25, 0.3) is 0 Å². The van der Waals surface area contributed by atoms with Crippen molar-refractivity contribution >= 4 is 17.6 Å². The first-order chi connectivity index (χ1) is 7.72. The Bertz CT molecular complexity index is 408. The highest BCUT2D eigenvalue weighted by Crippen LogP contribution is 2.28. The Balaban J connectivity index is 2.20. The SMILES string of the molecule is NCc1c(Cl)cccc1OC1CCOC1=O. The van der Waals surface area contributed by atoms with Crippen LogP contribution in [0.2, 0.25) is 5.02 Å². The third-order valence-electron chi connectivity index (χ3n) is 2.44. The van der Waals surface area contributed by atoms with Crippen LogP contribution in [0.3, 0.4) is 0 Å². The van der Waals surface area contributed by atoms with Gasteiger partial charge in [-0.2, -0.15) is 0 Å². The zero-order valence-electron chi connectivity index (χ0n) is 8.61. The van der Waals surface area contributed by atoms with Crippen molar-refractivity contribution in [3.63, 3.8) is 0 Å². The number of cyclic esters (lactones) is 1. The fraction of sp³-hybridized carbons (Fsp3) is 0.364. The molecule has 0 bridgehead atoms. The largest absolute Gasteiger partial charge is 0.478 e. The van der Waals surface area contributed by atoms with Gasteiger partial charge in [-0.3, -0.25) is 0 Å². The van der Waals surface area contributed by atoms with Crippen LogP contribution in [-0.2, 0) is 16.1 Å². The summed E-state index contributed by atoms with van der Waals surface area (Å²) < 4.78 is 10.4. The molecule has 0 aromatic heterocycles. The molecule has 1 aromatic rings. The second-order valence-electron chi connectivity index (χ2n) is 3.48. The Kier molecular flexibility index (Phi) is 3.31. The summed E-state index contributed by atoms with van der Waals surface area (Å²) in [5.74, 6) is 0.224. The fourth-order valence-corrected chi connectivity index (χ4v) is 1.83. The van der Waals surface area contributed by atoms with Gasteiger partial charge < -0.3 is 15.2 Å². The first kappa shape index (κ1) is 11.2. The Morgan fingerprint density at radius 3 is 3.00 bits per heavy atom. The van der Waals surface area contributed by atoms with E-state index < -0.39 is 6.10 Å². The number of ether oxygens (including phenoxy) is 2. The predicted octanol–water partition coefficient (Wildman–Crippen LogP) is 1.49. The molecule has 1 aliphatic rings. The van der Waals surface area contributed by atoms with Crippen LogP contribution in [0.15, 0.2) is 18.2 Å². The molecule has 4 nitrogen and oxygen atoms in total. The quantitative estimate of drug-likeness (QED) is 0.815. The smallest absolute Gasteiger partial charge is 0.347 e. The van der Waals surface area contributed by atoms with Gasteiger partial charge in [-0.1, -0.05) is 17.7 Å². The third-order valence-corrected chi connectivity index (χ3v) is 2.79. The highest BCUT2D eigenvalue weighted by Gasteiger charge is 2.29. The molecule has 1 aromatic carbocycles. The first-order valence-corrected chi connectivity index (χ1v) is 5.41. The van der Waals surface area contributed by atoms with Gasteiger partial charge in [-0.15, -0.1) is 0 Å². The number of nitrogens with two attached hydrogens (primary N) is 1. The van der Waals surface area contributed by atoms with Crippen molar-refractivity contribution in [1.82, 2.24) is 0 Å². The zero-order valence-corrected chi connectivity index (χ0v) is 9.37. The van der Waals surface area contributed by atoms with Crippen LogP contribution >= 0.6 is 11.6 Å². The molecule has 1 heterocycles. The number of halogens is 1. The molecule has 0 radical (unpaired) electrons. The summed E-state index contributed by atoms with van der Waals surface area (Å²) in [5.41, 5.74) is 6.29. The number of rotatable bonds is 3. The van der Waals surface area contributed by atoms with E-state index >= 15 is 0 Å². The van der Waals surface area contributed by atoms with E-state index in [-0.39, 0.29) is 12.5 Å². The fourth-order valence-electron chi connectivity index (χ4n) is 1.59. The van der Waals surface area contributed by atoms with Crippen molar-refractivity contribution in [3.8, 4) is 5.75 Å². The summed E-state index contributed by atoms with van der Waals surface area (Å²) in [7, 11) is 0. The molecular formula is C11H12ClNO3. The summed E-state index contributed by atoms with van der Waals surface area (Å²) in [4.78, 5) is 11.3. The molecule has 0 spiro atoms. The van der Waals surface area contributed by atoms with Crippen molar-refractivity contribution in [2.45, 2.75) is 19.1 Å². The first-order valence-electron chi connectivity index (χ1n) is 5.03. The van der Waals surface area contributed by atoms with Crippen LogP contribution in [-0.4, -0.2) is 18.7 Å². The van der Waals surface area contributed by atoms with Gasteiger partial charge in [0.1, 0.15) is 5.75 Å². The molecule has 2 N–H and O–H groups in total. The molecule has 1 atom stereocenters. The second-order valence-corrected chi connectivity index (χ2v) is 3.89. The summed E-state index contributed by atoms with van der Waals surface area (Å²) >= 11 is 5.98. The third kappa shape index (κ3) is 2.13. The molecule has 0 saturated carbocycles. The number of hydrogen-bond acceptors (Lipinski definition) is 4. The normalized spacial score (nSPS) is 19.6. The van der Waals surface area contributed by atoms with E-state index in [9.17, 15) is 4.79 Å². The van der Waals surface area contributed by atoms with E-state index in [1.807, 2.05) is 0 Å². The minimum absolute atomic E-state index is 0.275. The molecule has 0 amide bonds. The van der Waals surface area contributed by atoms with E-state index in [0.29, 0.717) is 29.4 Å². The van der Waals surface area contributed by atoms with Gasteiger partial charge in [0.05, 0.1) is 6.61 Å². The molecule has 86 valence electrons. The van der Waals surface area contributed by atoms with Crippen LogP contribution in [0.25, 0.3) is 0 Å². The number of carbonyl (C=O) groups excluding carboxylic acids is 1. The standard InChI is InChI=1S/C11H12ClNO3/c12-8-2-1-3-9(7(8)6-13)16-10-4-5-15-11(10)14/h1-3,10H,4-6,13H2. The van der Waals surface area contributed by atoms with Gasteiger partial charge >= 0.3 is 5.97 Å². The molecule has 0 aliphatic carbocycles. The van der Waals surface area contributed by atoms with Crippen LogP contribution < -0.4 is 10.5 Å². The van der Waals surface area contributed by atoms with E-state index in [4.69, 9.17) is 26.8 Å². The van der Waals surface area contributed by atoms with Crippen LogP contribution in [0.5, 0.6) is 5.75 Å². The number of carbonyl (C=O) groups is 1. The Morgan fingerprint density at radius 1 is 1.56 bits per heavy atom. The summed E-state index contributed by atoms with van der Waals surface area (Å²) in [5, 5.41) is 0.548. The Labute approximate surface area is 98.3 Å². The van der Waals surface area contributed by atoms with Gasteiger partial charge in [0, 0.05) is 23.6 Å². The molecule has 1 aliphatic heterocycles. The number of benzene rings is 1. The molecule has 16 heavy (non-hydrogen) atoms. The highest BCUT2D eigenvalue weighted by molar-refractivity contribution is 6.31. The molecular weight excluding hydrogens is 230 g/mol. The zero-order chi connectivity index (χ0) is 11.5. The predicted molar refractivity (Wildman–Crippen MR) is 59.3 cm³/mol. The monoisotopic (exact) mass is 241 g/mol. The minimum atomic E-state index is -0.538. The average molecular weight is 242 g/mol. The summed E-state index contributed by atoms with van der Waals surface area (Å²) in [6.07, 6.45) is 0.0267. The maximum absolute atomic E-state index is 11.3. The van der Waals surface area contributed by atoms with Crippen LogP contribution in [0, 0.1) is 0 Å². The molecule has 5 heteroatoms. The maximum Gasteiger partial charge on any atom is 0.347 e. The molecule has 2 rings (SSSR count). The van der Waals surface area contributed by atoms with Crippen LogP contribution in [0.1, 0.15) is 12.0 Å². The van der Waals surface area contributed by atoms with Crippen molar-refractivity contribution < 1.29 is 14.3 Å². The maximum atomic E-state index is 11.3. The lowest BCUT2D eigenvalue weighted by Gasteiger charge is -2.14. The van der Waals surface area contributed by atoms with Crippen molar-refractivity contribution in [2.75, 3.05) is 6.61 Å². The molecule has 1 saturated heterocycles.